The molecule has 114 valence electrons. The molecule has 0 aromatic carbocycles. The van der Waals surface area contributed by atoms with Gasteiger partial charge in [0, 0.05) is 44.5 Å². The lowest BCUT2D eigenvalue weighted by Crippen LogP contribution is -2.40. The van der Waals surface area contributed by atoms with Crippen molar-refractivity contribution < 1.29 is 8.42 Å². The van der Waals surface area contributed by atoms with E-state index in [1.165, 1.54) is 15.6 Å². The Morgan fingerprint density at radius 1 is 1.55 bits per heavy atom. The number of nitrogens with zero attached hydrogens (tertiary/aromatic N) is 3. The Morgan fingerprint density at radius 2 is 2.25 bits per heavy atom. The van der Waals surface area contributed by atoms with Gasteiger partial charge in [0.05, 0.1) is 11.9 Å². The Bertz CT molecular complexity index is 565. The topological polar surface area (TPSA) is 67.2 Å². The molecule has 0 aliphatic heterocycles. The molecule has 2 unspecified atom stereocenters. The Balaban J connectivity index is 2.05. The Morgan fingerprint density at radius 3 is 2.90 bits per heavy atom. The maximum Gasteiger partial charge on any atom is 0.215 e. The third-order valence-corrected chi connectivity index (χ3v) is 5.91. The fraction of sp³-hybridized carbons (Fsp3) is 0.769. The van der Waals surface area contributed by atoms with E-state index in [2.05, 4.69) is 10.4 Å². The zero-order valence-electron chi connectivity index (χ0n) is 12.6. The second-order valence-corrected chi connectivity index (χ2v) is 7.97. The van der Waals surface area contributed by atoms with Crippen molar-refractivity contribution in [2.24, 2.45) is 7.05 Å². The molecule has 2 rings (SSSR count). The summed E-state index contributed by atoms with van der Waals surface area (Å²) in [6.07, 6.45) is 5.09. The molecular weight excluding hydrogens is 276 g/mol. The molecule has 1 N–H and O–H groups in total. The minimum absolute atomic E-state index is 0.0847. The van der Waals surface area contributed by atoms with Crippen LogP contribution in [0.2, 0.25) is 0 Å². The molecule has 2 atom stereocenters. The quantitative estimate of drug-likeness (QED) is 0.868. The average molecular weight is 300 g/mol. The van der Waals surface area contributed by atoms with E-state index in [0.717, 1.165) is 19.3 Å². The molecule has 0 saturated carbocycles. The van der Waals surface area contributed by atoms with Crippen molar-refractivity contribution in [2.75, 3.05) is 19.8 Å². The third kappa shape index (κ3) is 3.21. The van der Waals surface area contributed by atoms with Crippen LogP contribution in [0.4, 0.5) is 0 Å². The van der Waals surface area contributed by atoms with Gasteiger partial charge in [0.1, 0.15) is 0 Å². The molecule has 0 amide bonds. The molecule has 1 aromatic rings. The number of nitrogens with one attached hydrogen (secondary N) is 1. The van der Waals surface area contributed by atoms with Crippen LogP contribution in [0.3, 0.4) is 0 Å². The molecule has 0 bridgehead atoms. The van der Waals surface area contributed by atoms with E-state index in [1.54, 1.807) is 14.1 Å². The van der Waals surface area contributed by atoms with E-state index in [0.29, 0.717) is 0 Å². The van der Waals surface area contributed by atoms with Crippen LogP contribution in [0.15, 0.2) is 6.20 Å². The molecule has 6 nitrogen and oxygen atoms in total. The van der Waals surface area contributed by atoms with Crippen LogP contribution in [0.5, 0.6) is 0 Å². The first kappa shape index (κ1) is 15.5. The van der Waals surface area contributed by atoms with Gasteiger partial charge in [-0.2, -0.15) is 5.10 Å². The molecule has 20 heavy (non-hydrogen) atoms. The lowest BCUT2D eigenvalue weighted by molar-refractivity contribution is 0.413. The van der Waals surface area contributed by atoms with Gasteiger partial charge in [0.2, 0.25) is 10.0 Å². The minimum atomic E-state index is -3.17. The van der Waals surface area contributed by atoms with E-state index in [1.807, 2.05) is 24.9 Å². The molecular formula is C13H24N4O2S. The lowest BCUT2D eigenvalue weighted by Gasteiger charge is -2.27. The van der Waals surface area contributed by atoms with E-state index in [4.69, 9.17) is 0 Å². The fourth-order valence-corrected chi connectivity index (χ4v) is 3.76. The number of aromatic nitrogens is 2. The first-order valence-electron chi connectivity index (χ1n) is 6.98. The molecule has 0 fully saturated rings. The summed E-state index contributed by atoms with van der Waals surface area (Å²) in [7, 11) is 1.93. The second kappa shape index (κ2) is 5.83. The molecule has 1 aliphatic carbocycles. The van der Waals surface area contributed by atoms with Crippen molar-refractivity contribution in [3.05, 3.63) is 17.5 Å². The molecule has 1 heterocycles. The number of rotatable bonds is 5. The van der Waals surface area contributed by atoms with Crippen LogP contribution in [0.25, 0.3) is 0 Å². The number of aryl methyl sites for hydroxylation is 1. The summed E-state index contributed by atoms with van der Waals surface area (Å²) in [4.78, 5) is 0. The van der Waals surface area contributed by atoms with E-state index in [-0.39, 0.29) is 17.8 Å². The Kier molecular flexibility index (Phi) is 4.51. The highest BCUT2D eigenvalue weighted by atomic mass is 32.2. The number of hydrogen-bond donors (Lipinski definition) is 1. The van der Waals surface area contributed by atoms with Crippen molar-refractivity contribution in [1.82, 2.24) is 19.4 Å². The van der Waals surface area contributed by atoms with Gasteiger partial charge in [-0.05, 0) is 26.2 Å². The van der Waals surface area contributed by atoms with E-state index < -0.39 is 10.0 Å². The maximum absolute atomic E-state index is 11.9. The van der Waals surface area contributed by atoms with Gasteiger partial charge in [-0.25, -0.2) is 12.7 Å². The summed E-state index contributed by atoms with van der Waals surface area (Å²) in [6, 6.07) is 0.123. The second-order valence-electron chi connectivity index (χ2n) is 5.74. The number of fused-ring (bicyclic) bond motifs is 1. The predicted molar refractivity (Wildman–Crippen MR) is 79.0 cm³/mol. The Hall–Kier alpha value is -0.920. The monoisotopic (exact) mass is 300 g/mol. The summed E-state index contributed by atoms with van der Waals surface area (Å²) in [5, 5.41) is 7.75. The van der Waals surface area contributed by atoms with Crippen molar-refractivity contribution in [3.63, 3.8) is 0 Å². The first-order valence-corrected chi connectivity index (χ1v) is 8.59. The summed E-state index contributed by atoms with van der Waals surface area (Å²) < 4.78 is 27.0. The van der Waals surface area contributed by atoms with Gasteiger partial charge in [-0.15, -0.1) is 0 Å². The third-order valence-electron chi connectivity index (χ3n) is 3.88. The van der Waals surface area contributed by atoms with Crippen molar-refractivity contribution in [3.8, 4) is 0 Å². The van der Waals surface area contributed by atoms with Crippen LogP contribution in [-0.2, 0) is 23.5 Å². The zero-order chi connectivity index (χ0) is 14.9. The smallest absolute Gasteiger partial charge is 0.215 e. The van der Waals surface area contributed by atoms with Crippen molar-refractivity contribution in [2.45, 2.75) is 38.3 Å². The maximum atomic E-state index is 11.9. The largest absolute Gasteiger partial charge is 0.306 e. The summed E-state index contributed by atoms with van der Waals surface area (Å²) in [5.41, 5.74) is 2.48. The van der Waals surface area contributed by atoms with Gasteiger partial charge in [0.15, 0.2) is 0 Å². The molecule has 0 spiro atoms. The molecule has 1 aliphatic rings. The molecule has 0 saturated heterocycles. The lowest BCUT2D eigenvalue weighted by atomic mass is 9.92. The van der Waals surface area contributed by atoms with Gasteiger partial charge in [0.25, 0.3) is 0 Å². The van der Waals surface area contributed by atoms with Gasteiger partial charge in [-0.3, -0.25) is 4.68 Å². The standard InChI is InChI=1S/C13H24N4O2S/c1-10(9-20(18,19)16(2)3)15-12-6-5-7-13-11(12)8-14-17(13)4/h8,10,12,15H,5-7,9H2,1-4H3. The van der Waals surface area contributed by atoms with E-state index in [9.17, 15) is 8.42 Å². The van der Waals surface area contributed by atoms with Gasteiger partial charge >= 0.3 is 0 Å². The molecule has 7 heteroatoms. The summed E-state index contributed by atoms with van der Waals surface area (Å²) >= 11 is 0. The molecule has 0 radical (unpaired) electrons. The van der Waals surface area contributed by atoms with Crippen molar-refractivity contribution in [1.29, 1.82) is 0 Å². The highest BCUT2D eigenvalue weighted by molar-refractivity contribution is 7.89. The SMILES string of the molecule is CC(CS(=O)(=O)N(C)C)NC1CCCc2c1cnn2C. The van der Waals surface area contributed by atoms with Crippen LogP contribution < -0.4 is 5.32 Å². The summed E-state index contributed by atoms with van der Waals surface area (Å²) in [6.45, 7) is 1.92. The first-order chi connectivity index (χ1) is 9.31. The fourth-order valence-electron chi connectivity index (χ4n) is 2.74. The van der Waals surface area contributed by atoms with Crippen LogP contribution in [-0.4, -0.2) is 48.4 Å². The van der Waals surface area contributed by atoms with Crippen LogP contribution >= 0.6 is 0 Å². The highest BCUT2D eigenvalue weighted by Crippen LogP contribution is 2.29. The zero-order valence-corrected chi connectivity index (χ0v) is 13.4. The van der Waals surface area contributed by atoms with Crippen LogP contribution in [0.1, 0.15) is 37.1 Å². The molecule has 1 aromatic heterocycles. The number of sulfonamides is 1. The number of hydrogen-bond acceptors (Lipinski definition) is 4. The minimum Gasteiger partial charge on any atom is -0.306 e. The van der Waals surface area contributed by atoms with Crippen molar-refractivity contribution >= 4 is 10.0 Å². The predicted octanol–water partition coefficient (Wildman–Crippen LogP) is 0.667. The Labute approximate surface area is 121 Å². The summed E-state index contributed by atoms with van der Waals surface area (Å²) in [5.74, 6) is 0.117. The highest BCUT2D eigenvalue weighted by Gasteiger charge is 2.26. The van der Waals surface area contributed by atoms with E-state index >= 15 is 0 Å². The average Bonchev–Trinajstić information content (AvgIpc) is 2.71. The van der Waals surface area contributed by atoms with Crippen LogP contribution in [0, 0.1) is 0 Å². The van der Waals surface area contributed by atoms with Gasteiger partial charge in [-0.1, -0.05) is 0 Å². The normalized spacial score (nSPS) is 20.9. The van der Waals surface area contributed by atoms with Gasteiger partial charge < -0.3 is 5.32 Å².